The third-order valence-electron chi connectivity index (χ3n) is 15.9. The molecule has 12 aromatic carbocycles. The largest absolute Gasteiger partial charge is 0.310 e. The monoisotopic (exact) mass is 873 g/mol. The van der Waals surface area contributed by atoms with Crippen LogP contribution < -0.4 is 4.90 Å². The van der Waals surface area contributed by atoms with Gasteiger partial charge in [-0.1, -0.05) is 231 Å². The average molecular weight is 874 g/mol. The molecule has 1 heteroatoms. The third kappa shape index (κ3) is 4.98. The normalized spacial score (nSPS) is 14.0. The van der Waals surface area contributed by atoms with E-state index in [1.807, 2.05) is 0 Å². The number of hydrogen-bond acceptors (Lipinski definition) is 1. The van der Waals surface area contributed by atoms with Crippen LogP contribution in [0.15, 0.2) is 261 Å². The topological polar surface area (TPSA) is 3.24 Å². The molecule has 3 aliphatic rings. The molecule has 0 aromatic heterocycles. The summed E-state index contributed by atoms with van der Waals surface area (Å²) in [6.07, 6.45) is 0. The predicted octanol–water partition coefficient (Wildman–Crippen LogP) is 17.3. The van der Waals surface area contributed by atoms with Gasteiger partial charge in [0.1, 0.15) is 0 Å². The molecular formula is C68H43N. The van der Waals surface area contributed by atoms with Crippen LogP contribution >= 0.6 is 0 Å². The Hall–Kier alpha value is -8.78. The van der Waals surface area contributed by atoms with Crippen LogP contribution in [0.2, 0.25) is 0 Å². The van der Waals surface area contributed by atoms with Gasteiger partial charge < -0.3 is 4.90 Å². The molecule has 0 fully saturated rings. The summed E-state index contributed by atoms with van der Waals surface area (Å²) in [4.78, 5) is 2.60. The van der Waals surface area contributed by atoms with Gasteiger partial charge in [0, 0.05) is 16.9 Å². The molecule has 3 aliphatic carbocycles. The molecule has 1 nitrogen and oxygen atoms in total. The molecule has 320 valence electrons. The van der Waals surface area contributed by atoms with Crippen LogP contribution in [0, 0.1) is 0 Å². The van der Waals surface area contributed by atoms with Crippen LogP contribution in [0.25, 0.3) is 65.7 Å². The van der Waals surface area contributed by atoms with E-state index in [0.29, 0.717) is 0 Å². The van der Waals surface area contributed by atoms with Gasteiger partial charge >= 0.3 is 0 Å². The molecule has 0 unspecified atom stereocenters. The first-order valence-corrected chi connectivity index (χ1v) is 24.2. The first kappa shape index (κ1) is 38.3. The van der Waals surface area contributed by atoms with Gasteiger partial charge in [0.25, 0.3) is 0 Å². The summed E-state index contributed by atoms with van der Waals surface area (Å²) >= 11 is 0. The van der Waals surface area contributed by atoms with Gasteiger partial charge in [0.2, 0.25) is 0 Å². The van der Waals surface area contributed by atoms with Crippen LogP contribution in [-0.4, -0.2) is 0 Å². The highest BCUT2D eigenvalue weighted by molar-refractivity contribution is 6.26. The van der Waals surface area contributed by atoms with Crippen molar-refractivity contribution in [2.75, 3.05) is 4.90 Å². The Bertz CT molecular complexity index is 3950. The molecule has 0 aliphatic heterocycles. The van der Waals surface area contributed by atoms with Crippen molar-refractivity contribution in [2.24, 2.45) is 0 Å². The van der Waals surface area contributed by atoms with E-state index in [1.165, 1.54) is 110 Å². The first-order valence-electron chi connectivity index (χ1n) is 24.2. The fourth-order valence-electron chi connectivity index (χ4n) is 13.4. The summed E-state index contributed by atoms with van der Waals surface area (Å²) in [5, 5.41) is 7.56. The van der Waals surface area contributed by atoms with Crippen LogP contribution in [-0.2, 0) is 10.8 Å². The van der Waals surface area contributed by atoms with Gasteiger partial charge in [-0.3, -0.25) is 0 Å². The second-order valence-electron chi connectivity index (χ2n) is 19.0. The molecule has 12 aromatic rings. The molecule has 0 N–H and O–H groups in total. The summed E-state index contributed by atoms with van der Waals surface area (Å²) < 4.78 is 0. The van der Waals surface area contributed by atoms with Crippen LogP contribution in [0.5, 0.6) is 0 Å². The minimum absolute atomic E-state index is 0.494. The summed E-state index contributed by atoms with van der Waals surface area (Å²) in [7, 11) is 0. The Morgan fingerprint density at radius 2 is 0.609 bits per heavy atom. The number of benzene rings is 12. The highest BCUT2D eigenvalue weighted by Gasteiger charge is 2.52. The lowest BCUT2D eigenvalue weighted by molar-refractivity contribution is 0.767. The predicted molar refractivity (Wildman–Crippen MR) is 287 cm³/mol. The first-order chi connectivity index (χ1) is 34.3. The SMILES string of the molecule is c1ccc(C2(c3ccccc3)c3ccccc3-c3cccc(N(c4ccc5c(c4)C4(c6ccccc6-c6ccccc64)c4ccccc4-5)c4ccc5c6ccccc6c6ccccc6c5c4)c32)cc1. The number of fused-ring (bicyclic) bond motifs is 19. The van der Waals surface area contributed by atoms with Crippen molar-refractivity contribution in [3.05, 3.63) is 305 Å². The molecule has 0 saturated carbocycles. The van der Waals surface area contributed by atoms with Crippen molar-refractivity contribution in [3.8, 4) is 33.4 Å². The number of anilines is 3. The quantitative estimate of drug-likeness (QED) is 0.156. The van der Waals surface area contributed by atoms with E-state index in [9.17, 15) is 0 Å². The molecule has 0 atom stereocenters. The van der Waals surface area contributed by atoms with E-state index >= 15 is 0 Å². The highest BCUT2D eigenvalue weighted by Crippen LogP contribution is 2.65. The Balaban J connectivity index is 1.08. The van der Waals surface area contributed by atoms with E-state index in [2.05, 4.69) is 266 Å². The van der Waals surface area contributed by atoms with Gasteiger partial charge in [-0.2, -0.15) is 0 Å². The summed E-state index contributed by atoms with van der Waals surface area (Å²) in [6, 6.07) is 98.3. The molecular weight excluding hydrogens is 831 g/mol. The van der Waals surface area contributed by atoms with Crippen molar-refractivity contribution < 1.29 is 0 Å². The molecule has 15 rings (SSSR count). The molecule has 69 heavy (non-hydrogen) atoms. The van der Waals surface area contributed by atoms with Crippen LogP contribution in [0.4, 0.5) is 17.1 Å². The van der Waals surface area contributed by atoms with Crippen molar-refractivity contribution in [2.45, 2.75) is 10.8 Å². The Morgan fingerprint density at radius 3 is 1.14 bits per heavy atom. The van der Waals surface area contributed by atoms with Crippen molar-refractivity contribution in [1.82, 2.24) is 0 Å². The van der Waals surface area contributed by atoms with Crippen molar-refractivity contribution >= 4 is 49.4 Å². The van der Waals surface area contributed by atoms with Gasteiger partial charge in [-0.25, -0.2) is 0 Å². The number of hydrogen-bond donors (Lipinski definition) is 0. The smallest absolute Gasteiger partial charge is 0.0734 e. The van der Waals surface area contributed by atoms with E-state index in [0.717, 1.165) is 17.1 Å². The molecule has 0 bridgehead atoms. The van der Waals surface area contributed by atoms with Gasteiger partial charge in [-0.05, 0) is 135 Å². The minimum Gasteiger partial charge on any atom is -0.310 e. The molecule has 0 radical (unpaired) electrons. The van der Waals surface area contributed by atoms with Gasteiger partial charge in [0.15, 0.2) is 0 Å². The lowest BCUT2D eigenvalue weighted by Gasteiger charge is -2.38. The highest BCUT2D eigenvalue weighted by atomic mass is 15.1. The fraction of sp³-hybridized carbons (Fsp3) is 0.0294. The van der Waals surface area contributed by atoms with E-state index in [-0.39, 0.29) is 0 Å². The second-order valence-corrected chi connectivity index (χ2v) is 19.0. The minimum atomic E-state index is -0.624. The third-order valence-corrected chi connectivity index (χ3v) is 15.9. The second kappa shape index (κ2) is 14.4. The molecule has 1 spiro atoms. The standard InChI is InChI=1S/C68H43N/c1-3-20-44(21-4-1)67(45-22-5-2-6-23-45)60-33-15-14-31-56(60)58-32-19-37-65(66(58)67)69(46-38-40-52-50-26-8-7-24-48(50)49-25-9-10-27-51(49)59(52)42-46)47-39-41-57-55-30-13-18-36-63(55)68(64(57)43-47)61-34-16-11-28-53(61)54-29-12-17-35-62(54)68/h1-43H. The van der Waals surface area contributed by atoms with E-state index < -0.39 is 10.8 Å². The Kier molecular flexibility index (Phi) is 7.98. The number of rotatable bonds is 5. The maximum atomic E-state index is 2.60. The maximum absolute atomic E-state index is 2.60. The van der Waals surface area contributed by atoms with Crippen molar-refractivity contribution in [1.29, 1.82) is 0 Å². The summed E-state index contributed by atoms with van der Waals surface area (Å²) in [5.74, 6) is 0. The zero-order valence-corrected chi connectivity index (χ0v) is 37.8. The number of nitrogens with zero attached hydrogens (tertiary/aromatic N) is 1. The average Bonchev–Trinajstić information content (AvgIpc) is 4.02. The molecule has 0 amide bonds. The maximum Gasteiger partial charge on any atom is 0.0734 e. The molecule has 0 heterocycles. The Labute approximate surface area is 401 Å². The summed E-state index contributed by atoms with van der Waals surface area (Å²) in [6.45, 7) is 0. The summed E-state index contributed by atoms with van der Waals surface area (Å²) in [5.41, 5.74) is 20.4. The van der Waals surface area contributed by atoms with Crippen molar-refractivity contribution in [3.63, 3.8) is 0 Å². The van der Waals surface area contributed by atoms with E-state index in [1.54, 1.807) is 0 Å². The van der Waals surface area contributed by atoms with Gasteiger partial charge in [-0.15, -0.1) is 0 Å². The Morgan fingerprint density at radius 1 is 0.232 bits per heavy atom. The lowest BCUT2D eigenvalue weighted by atomic mass is 9.67. The van der Waals surface area contributed by atoms with Crippen LogP contribution in [0.1, 0.15) is 44.5 Å². The van der Waals surface area contributed by atoms with Crippen LogP contribution in [0.3, 0.4) is 0 Å². The fourth-order valence-corrected chi connectivity index (χ4v) is 13.4. The zero-order chi connectivity index (χ0) is 45.3. The molecule has 0 saturated heterocycles. The van der Waals surface area contributed by atoms with E-state index in [4.69, 9.17) is 0 Å². The lowest BCUT2D eigenvalue weighted by Crippen LogP contribution is -2.30. The zero-order valence-electron chi connectivity index (χ0n) is 37.8. The van der Waals surface area contributed by atoms with Gasteiger partial charge in [0.05, 0.1) is 16.5 Å².